The van der Waals surface area contributed by atoms with Gasteiger partial charge in [0.15, 0.2) is 0 Å². The molecule has 0 spiro atoms. The number of hydrogen-bond acceptors (Lipinski definition) is 6. The molecule has 0 fully saturated rings. The van der Waals surface area contributed by atoms with Gasteiger partial charge in [0.2, 0.25) is 5.91 Å². The number of nitrogens with zero attached hydrogens (tertiary/aromatic N) is 2. The molecule has 7 nitrogen and oxygen atoms in total. The van der Waals surface area contributed by atoms with E-state index in [9.17, 15) is 18.0 Å². The fourth-order valence-corrected chi connectivity index (χ4v) is 3.44. The van der Waals surface area contributed by atoms with Gasteiger partial charge in [0.1, 0.15) is 23.0 Å². The summed E-state index contributed by atoms with van der Waals surface area (Å²) in [6, 6.07) is 13.7. The summed E-state index contributed by atoms with van der Waals surface area (Å²) in [5.74, 6) is 1.49. The molecule has 1 aliphatic rings. The van der Waals surface area contributed by atoms with Crippen LogP contribution in [0.1, 0.15) is 23.2 Å². The second-order valence-electron chi connectivity index (χ2n) is 7.67. The topological polar surface area (TPSA) is 102 Å². The Kier molecular flexibility index (Phi) is 6.67. The smallest absolute Gasteiger partial charge is 0.416 e. The number of aryl methyl sites for hydroxylation is 1. The van der Waals surface area contributed by atoms with E-state index in [-0.39, 0.29) is 17.8 Å². The van der Waals surface area contributed by atoms with Gasteiger partial charge in [-0.25, -0.2) is 0 Å². The Bertz CT molecular complexity index is 1230. The van der Waals surface area contributed by atoms with Crippen LogP contribution in [0.15, 0.2) is 65.8 Å². The number of halogens is 3. The third kappa shape index (κ3) is 6.03. The number of amides is 1. The van der Waals surface area contributed by atoms with Crippen molar-refractivity contribution in [3.05, 3.63) is 77.6 Å². The van der Waals surface area contributed by atoms with Crippen LogP contribution in [0.2, 0.25) is 0 Å². The molecule has 0 saturated heterocycles. The van der Waals surface area contributed by atoms with Crippen molar-refractivity contribution in [2.24, 2.45) is 4.99 Å². The normalized spacial score (nSPS) is 13.2. The summed E-state index contributed by atoms with van der Waals surface area (Å²) in [4.78, 5) is 21.0. The molecule has 0 saturated carbocycles. The average molecular weight is 469 g/mol. The lowest BCUT2D eigenvalue weighted by Crippen LogP contribution is -2.20. The van der Waals surface area contributed by atoms with Gasteiger partial charge >= 0.3 is 6.18 Å². The minimum absolute atomic E-state index is 0.00394. The Labute approximate surface area is 193 Å². The van der Waals surface area contributed by atoms with Gasteiger partial charge < -0.3 is 21.1 Å². The van der Waals surface area contributed by atoms with Crippen molar-refractivity contribution in [1.82, 2.24) is 10.3 Å². The summed E-state index contributed by atoms with van der Waals surface area (Å²) in [7, 11) is 0. The molecule has 1 amide bonds. The zero-order valence-corrected chi connectivity index (χ0v) is 18.0. The number of nitrogens with two attached hydrogens (primary N) is 1. The van der Waals surface area contributed by atoms with Gasteiger partial charge in [0, 0.05) is 36.6 Å². The van der Waals surface area contributed by atoms with E-state index in [4.69, 9.17) is 10.5 Å². The van der Waals surface area contributed by atoms with Crippen molar-refractivity contribution < 1.29 is 22.7 Å². The summed E-state index contributed by atoms with van der Waals surface area (Å²) < 4.78 is 44.8. The van der Waals surface area contributed by atoms with E-state index in [1.54, 1.807) is 36.5 Å². The summed E-state index contributed by atoms with van der Waals surface area (Å²) in [6.45, 7) is 1.48. The number of aromatic nitrogens is 1. The zero-order chi connectivity index (χ0) is 24.1. The number of pyridine rings is 1. The minimum Gasteiger partial charge on any atom is -0.457 e. The SMILES string of the molecule is Nc1cc(NC(=O)CCc2cccc(Oc3ccnc(C4=NCCN4)c3)c2)cc(C(F)(F)F)c1. The molecule has 1 aromatic heterocycles. The van der Waals surface area contributed by atoms with Crippen molar-refractivity contribution in [2.45, 2.75) is 19.0 Å². The molecular formula is C24H22F3N5O2. The first kappa shape index (κ1) is 23.1. The lowest BCUT2D eigenvalue weighted by molar-refractivity contribution is -0.137. The first-order valence-corrected chi connectivity index (χ1v) is 10.6. The van der Waals surface area contributed by atoms with E-state index in [1.165, 1.54) is 6.07 Å². The van der Waals surface area contributed by atoms with Crippen LogP contribution < -0.4 is 21.1 Å². The molecule has 2 aromatic carbocycles. The van der Waals surface area contributed by atoms with Gasteiger partial charge in [0.05, 0.1) is 12.1 Å². The largest absolute Gasteiger partial charge is 0.457 e. The van der Waals surface area contributed by atoms with Crippen molar-refractivity contribution >= 4 is 23.1 Å². The second-order valence-corrected chi connectivity index (χ2v) is 7.67. The number of nitrogens with one attached hydrogen (secondary N) is 2. The molecule has 176 valence electrons. The highest BCUT2D eigenvalue weighted by atomic mass is 19.4. The van der Waals surface area contributed by atoms with E-state index in [0.29, 0.717) is 30.2 Å². The number of carbonyl (C=O) groups excluding carboxylic acids is 1. The fourth-order valence-electron chi connectivity index (χ4n) is 3.44. The number of hydrogen-bond donors (Lipinski definition) is 3. The van der Waals surface area contributed by atoms with E-state index in [2.05, 4.69) is 20.6 Å². The van der Waals surface area contributed by atoms with E-state index >= 15 is 0 Å². The lowest BCUT2D eigenvalue weighted by Gasteiger charge is -2.12. The van der Waals surface area contributed by atoms with Gasteiger partial charge in [-0.15, -0.1) is 0 Å². The summed E-state index contributed by atoms with van der Waals surface area (Å²) in [5, 5.41) is 5.64. The monoisotopic (exact) mass is 469 g/mol. The molecule has 10 heteroatoms. The molecular weight excluding hydrogens is 447 g/mol. The van der Waals surface area contributed by atoms with Gasteiger partial charge in [-0.1, -0.05) is 12.1 Å². The number of benzene rings is 2. The quantitative estimate of drug-likeness (QED) is 0.446. The predicted molar refractivity (Wildman–Crippen MR) is 123 cm³/mol. The van der Waals surface area contributed by atoms with Crippen molar-refractivity contribution in [3.63, 3.8) is 0 Å². The number of carbonyl (C=O) groups is 1. The van der Waals surface area contributed by atoms with Crippen LogP contribution in [-0.4, -0.2) is 29.8 Å². The van der Waals surface area contributed by atoms with Gasteiger partial charge in [-0.05, 0) is 48.4 Å². The maximum Gasteiger partial charge on any atom is 0.416 e. The van der Waals surface area contributed by atoms with Crippen LogP contribution >= 0.6 is 0 Å². The van der Waals surface area contributed by atoms with Crippen molar-refractivity contribution in [3.8, 4) is 11.5 Å². The first-order chi connectivity index (χ1) is 16.3. The highest BCUT2D eigenvalue weighted by Crippen LogP contribution is 2.32. The molecule has 0 aliphatic carbocycles. The van der Waals surface area contributed by atoms with Gasteiger partial charge in [-0.3, -0.25) is 14.8 Å². The van der Waals surface area contributed by atoms with Crippen LogP contribution in [0.5, 0.6) is 11.5 Å². The molecule has 3 aromatic rings. The van der Waals surface area contributed by atoms with Crippen LogP contribution in [-0.2, 0) is 17.4 Å². The standard InChI is InChI=1S/C24H22F3N5O2/c25-24(26,27)16-11-17(28)13-18(12-16)32-22(33)5-4-15-2-1-3-19(10-15)34-20-6-7-29-21(14-20)23-30-8-9-31-23/h1-3,6-7,10-14H,4-5,8-9,28H2,(H,30,31)(H,32,33). The molecule has 2 heterocycles. The maximum atomic E-state index is 13.0. The highest BCUT2D eigenvalue weighted by molar-refractivity contribution is 5.98. The molecule has 4 N–H and O–H groups in total. The number of ether oxygens (including phenoxy) is 1. The minimum atomic E-state index is -4.55. The Balaban J connectivity index is 1.36. The number of rotatable bonds is 7. The molecule has 34 heavy (non-hydrogen) atoms. The number of aliphatic imine (C=N–C) groups is 1. The zero-order valence-electron chi connectivity index (χ0n) is 18.0. The number of alkyl halides is 3. The second kappa shape index (κ2) is 9.82. The maximum absolute atomic E-state index is 13.0. The summed E-state index contributed by atoms with van der Waals surface area (Å²) in [5.41, 5.74) is 6.09. The fraction of sp³-hybridized carbons (Fsp3) is 0.208. The molecule has 0 bridgehead atoms. The van der Waals surface area contributed by atoms with Crippen LogP contribution in [0.25, 0.3) is 0 Å². The Morgan fingerprint density at radius 2 is 1.94 bits per heavy atom. The van der Waals surface area contributed by atoms with Crippen LogP contribution in [0.4, 0.5) is 24.5 Å². The Morgan fingerprint density at radius 1 is 1.12 bits per heavy atom. The highest BCUT2D eigenvalue weighted by Gasteiger charge is 2.31. The van der Waals surface area contributed by atoms with Crippen molar-refractivity contribution in [1.29, 1.82) is 0 Å². The Hall–Kier alpha value is -4.08. The lowest BCUT2D eigenvalue weighted by atomic mass is 10.1. The van der Waals surface area contributed by atoms with E-state index < -0.39 is 17.6 Å². The molecule has 4 rings (SSSR count). The van der Waals surface area contributed by atoms with E-state index in [1.807, 2.05) is 6.07 Å². The number of anilines is 2. The summed E-state index contributed by atoms with van der Waals surface area (Å²) in [6.07, 6.45) is -2.46. The van der Waals surface area contributed by atoms with Crippen LogP contribution in [0.3, 0.4) is 0 Å². The summed E-state index contributed by atoms with van der Waals surface area (Å²) >= 11 is 0. The molecule has 0 unspecified atom stereocenters. The number of amidine groups is 1. The van der Waals surface area contributed by atoms with Gasteiger partial charge in [0.25, 0.3) is 0 Å². The van der Waals surface area contributed by atoms with Crippen LogP contribution in [0, 0.1) is 0 Å². The third-order valence-corrected chi connectivity index (χ3v) is 4.99. The first-order valence-electron chi connectivity index (χ1n) is 10.6. The predicted octanol–water partition coefficient (Wildman–Crippen LogP) is 4.40. The van der Waals surface area contributed by atoms with Crippen molar-refractivity contribution in [2.75, 3.05) is 24.1 Å². The van der Waals surface area contributed by atoms with E-state index in [0.717, 1.165) is 30.1 Å². The third-order valence-electron chi connectivity index (χ3n) is 4.99. The average Bonchev–Trinajstić information content (AvgIpc) is 3.32. The molecule has 0 radical (unpaired) electrons. The van der Waals surface area contributed by atoms with Gasteiger partial charge in [-0.2, -0.15) is 13.2 Å². The molecule has 0 atom stereocenters. The number of nitrogen functional groups attached to an aromatic ring is 1. The molecule has 1 aliphatic heterocycles. The Morgan fingerprint density at radius 3 is 2.71 bits per heavy atom.